The lowest BCUT2D eigenvalue weighted by atomic mass is 10.1. The summed E-state index contributed by atoms with van der Waals surface area (Å²) in [7, 11) is 0. The molecule has 1 aliphatic heterocycles. The van der Waals surface area contributed by atoms with E-state index in [0.717, 1.165) is 6.61 Å². The van der Waals surface area contributed by atoms with Gasteiger partial charge in [-0.2, -0.15) is 4.74 Å². The fourth-order valence-electron chi connectivity index (χ4n) is 0.795. The van der Waals surface area contributed by atoms with Gasteiger partial charge in [0.25, 0.3) is 0 Å². The summed E-state index contributed by atoms with van der Waals surface area (Å²) in [6.45, 7) is 3.00. The van der Waals surface area contributed by atoms with Gasteiger partial charge in [-0.25, -0.2) is 0 Å². The molecule has 1 nitrogen and oxygen atoms in total. The van der Waals surface area contributed by atoms with E-state index in [9.17, 15) is 0 Å². The van der Waals surface area contributed by atoms with Crippen LogP contribution in [0.2, 0.25) is 0 Å². The highest BCUT2D eigenvalue weighted by molar-refractivity contribution is 4.73. The summed E-state index contributed by atoms with van der Waals surface area (Å²) >= 11 is 0. The van der Waals surface area contributed by atoms with E-state index in [1.807, 2.05) is 0 Å². The molecule has 0 aromatic heterocycles. The van der Waals surface area contributed by atoms with E-state index in [1.165, 1.54) is 25.4 Å². The third kappa shape index (κ3) is 1.39. The Morgan fingerprint density at radius 1 is 1.43 bits per heavy atom. The molecule has 0 aromatic rings. The summed E-state index contributed by atoms with van der Waals surface area (Å²) in [4.78, 5) is 0. The highest BCUT2D eigenvalue weighted by Gasteiger charge is 2.18. The van der Waals surface area contributed by atoms with E-state index >= 15 is 0 Å². The SMILES string of the molecule is C[C+]1CCCCO1. The molecule has 0 radical (unpaired) electrons. The summed E-state index contributed by atoms with van der Waals surface area (Å²) in [5, 5.41) is 0. The molecular weight excluding hydrogens is 88.1 g/mol. The Kier molecular flexibility index (Phi) is 1.58. The lowest BCUT2D eigenvalue weighted by Crippen LogP contribution is -2.06. The lowest BCUT2D eigenvalue weighted by Gasteiger charge is -2.05. The molecule has 1 heterocycles. The molecule has 0 aromatic carbocycles. The Hall–Kier alpha value is -0.170. The van der Waals surface area contributed by atoms with Crippen molar-refractivity contribution in [1.82, 2.24) is 0 Å². The van der Waals surface area contributed by atoms with Gasteiger partial charge >= 0.3 is 0 Å². The van der Waals surface area contributed by atoms with Gasteiger partial charge in [-0.15, -0.1) is 0 Å². The molecule has 0 saturated carbocycles. The van der Waals surface area contributed by atoms with E-state index in [0.29, 0.717) is 0 Å². The van der Waals surface area contributed by atoms with Crippen LogP contribution in [0.4, 0.5) is 0 Å². The molecule has 0 unspecified atom stereocenters. The normalized spacial score (nSPS) is 22.7. The zero-order valence-corrected chi connectivity index (χ0v) is 4.74. The van der Waals surface area contributed by atoms with Crippen molar-refractivity contribution in [3.8, 4) is 0 Å². The first-order valence-electron chi connectivity index (χ1n) is 2.85. The van der Waals surface area contributed by atoms with Crippen LogP contribution in [0.1, 0.15) is 26.2 Å². The minimum absolute atomic E-state index is 0.950. The smallest absolute Gasteiger partial charge is 0.194 e. The number of ether oxygens (including phenoxy) is 1. The molecule has 0 N–H and O–H groups in total. The Bertz CT molecular complexity index is 46.1. The molecule has 0 aliphatic carbocycles. The maximum Gasteiger partial charge on any atom is 0.238 e. The predicted octanol–water partition coefficient (Wildman–Crippen LogP) is 1.74. The Morgan fingerprint density at radius 2 is 2.29 bits per heavy atom. The molecule has 0 spiro atoms. The molecule has 0 amide bonds. The van der Waals surface area contributed by atoms with E-state index in [1.54, 1.807) is 0 Å². The zero-order chi connectivity index (χ0) is 5.11. The highest BCUT2D eigenvalue weighted by Crippen LogP contribution is 2.17. The highest BCUT2D eigenvalue weighted by atomic mass is 16.5. The first-order valence-corrected chi connectivity index (χ1v) is 2.85. The molecule has 0 atom stereocenters. The monoisotopic (exact) mass is 99.1 g/mol. The van der Waals surface area contributed by atoms with Crippen molar-refractivity contribution >= 4 is 0 Å². The van der Waals surface area contributed by atoms with Crippen molar-refractivity contribution in [3.05, 3.63) is 6.10 Å². The van der Waals surface area contributed by atoms with E-state index < -0.39 is 0 Å². The molecule has 7 heavy (non-hydrogen) atoms. The summed E-state index contributed by atoms with van der Waals surface area (Å²) in [6.07, 6.45) is 4.97. The van der Waals surface area contributed by atoms with Crippen LogP contribution in [0.5, 0.6) is 0 Å². The molecular formula is C6H11O+. The third-order valence-corrected chi connectivity index (χ3v) is 1.27. The number of hydrogen-bond acceptors (Lipinski definition) is 1. The molecule has 1 saturated heterocycles. The second-order valence-corrected chi connectivity index (χ2v) is 2.01. The minimum Gasteiger partial charge on any atom is -0.194 e. The Balaban J connectivity index is 2.12. The van der Waals surface area contributed by atoms with Gasteiger partial charge in [-0.3, -0.25) is 0 Å². The second kappa shape index (κ2) is 2.22. The van der Waals surface area contributed by atoms with Gasteiger partial charge in [-0.05, 0) is 12.8 Å². The standard InChI is InChI=1S/C6H11O/c1-6-4-2-3-5-7-6/h2-5H2,1H3/q+1. The second-order valence-electron chi connectivity index (χ2n) is 2.01. The van der Waals surface area contributed by atoms with E-state index in [-0.39, 0.29) is 0 Å². The summed E-state index contributed by atoms with van der Waals surface area (Å²) in [5.74, 6) is 0. The van der Waals surface area contributed by atoms with Crippen LogP contribution in [0.15, 0.2) is 0 Å². The first kappa shape index (κ1) is 4.98. The molecule has 40 valence electrons. The molecule has 0 bridgehead atoms. The van der Waals surface area contributed by atoms with Crippen LogP contribution in [-0.4, -0.2) is 6.61 Å². The van der Waals surface area contributed by atoms with Crippen LogP contribution in [0.25, 0.3) is 0 Å². The van der Waals surface area contributed by atoms with Gasteiger partial charge in [0.15, 0.2) is 0 Å². The number of hydrogen-bond donors (Lipinski definition) is 0. The summed E-state index contributed by atoms with van der Waals surface area (Å²) in [6, 6.07) is 0. The van der Waals surface area contributed by atoms with Crippen molar-refractivity contribution in [1.29, 1.82) is 0 Å². The van der Waals surface area contributed by atoms with Gasteiger partial charge in [0.2, 0.25) is 6.10 Å². The van der Waals surface area contributed by atoms with Crippen LogP contribution in [0.3, 0.4) is 0 Å². The molecule has 1 rings (SSSR count). The van der Waals surface area contributed by atoms with Gasteiger partial charge in [0, 0.05) is 0 Å². The van der Waals surface area contributed by atoms with Crippen molar-refractivity contribution in [3.63, 3.8) is 0 Å². The number of rotatable bonds is 0. The average molecular weight is 99.2 g/mol. The van der Waals surface area contributed by atoms with Crippen molar-refractivity contribution in [2.75, 3.05) is 6.61 Å². The lowest BCUT2D eigenvalue weighted by molar-refractivity contribution is 0.107. The topological polar surface area (TPSA) is 9.23 Å². The van der Waals surface area contributed by atoms with Crippen molar-refractivity contribution < 1.29 is 4.74 Å². The average Bonchev–Trinajstić information content (AvgIpc) is 1.69. The van der Waals surface area contributed by atoms with Crippen LogP contribution < -0.4 is 0 Å². The quantitative estimate of drug-likeness (QED) is 0.420. The van der Waals surface area contributed by atoms with Crippen LogP contribution in [0, 0.1) is 6.10 Å². The Labute approximate surface area is 44.7 Å². The van der Waals surface area contributed by atoms with Crippen LogP contribution in [-0.2, 0) is 4.74 Å². The van der Waals surface area contributed by atoms with E-state index in [2.05, 4.69) is 6.92 Å². The van der Waals surface area contributed by atoms with Crippen molar-refractivity contribution in [2.24, 2.45) is 0 Å². The Morgan fingerprint density at radius 3 is 2.57 bits per heavy atom. The molecule has 1 heteroatoms. The first-order chi connectivity index (χ1) is 3.39. The molecule has 1 fully saturated rings. The van der Waals surface area contributed by atoms with Gasteiger partial charge < -0.3 is 0 Å². The van der Waals surface area contributed by atoms with Gasteiger partial charge in [-0.1, -0.05) is 0 Å². The largest absolute Gasteiger partial charge is 0.238 e. The maximum atomic E-state index is 5.19. The minimum atomic E-state index is 0.950. The van der Waals surface area contributed by atoms with Crippen LogP contribution >= 0.6 is 0 Å². The summed E-state index contributed by atoms with van der Waals surface area (Å²) in [5.41, 5.74) is 0. The third-order valence-electron chi connectivity index (χ3n) is 1.27. The zero-order valence-electron chi connectivity index (χ0n) is 4.74. The fourth-order valence-corrected chi connectivity index (χ4v) is 0.795. The maximum absolute atomic E-state index is 5.19. The predicted molar refractivity (Wildman–Crippen MR) is 28.7 cm³/mol. The fraction of sp³-hybridized carbons (Fsp3) is 0.833. The summed E-state index contributed by atoms with van der Waals surface area (Å²) < 4.78 is 5.19. The van der Waals surface area contributed by atoms with E-state index in [4.69, 9.17) is 4.74 Å². The van der Waals surface area contributed by atoms with Gasteiger partial charge in [0.1, 0.15) is 13.3 Å². The van der Waals surface area contributed by atoms with Gasteiger partial charge in [0.05, 0.1) is 6.61 Å². The van der Waals surface area contributed by atoms with Crippen molar-refractivity contribution in [2.45, 2.75) is 26.2 Å². The molecule has 1 aliphatic rings.